The van der Waals surface area contributed by atoms with Crippen LogP contribution in [0.3, 0.4) is 0 Å². The van der Waals surface area contributed by atoms with Crippen LogP contribution in [0.2, 0.25) is 0 Å². The number of carbonyl (C=O) groups excluding carboxylic acids is 3. The Morgan fingerprint density at radius 3 is 2.27 bits per heavy atom. The molecule has 0 saturated carbocycles. The summed E-state index contributed by atoms with van der Waals surface area (Å²) in [6.45, 7) is 5.41. The van der Waals surface area contributed by atoms with Crippen molar-refractivity contribution >= 4 is 29.2 Å². The van der Waals surface area contributed by atoms with Gasteiger partial charge in [-0.2, -0.15) is 0 Å². The predicted molar refractivity (Wildman–Crippen MR) is 104 cm³/mol. The van der Waals surface area contributed by atoms with Gasteiger partial charge in [0.1, 0.15) is 0 Å². The molecule has 0 aliphatic heterocycles. The minimum absolute atomic E-state index is 0.00573. The molecule has 0 aromatic heterocycles. The van der Waals surface area contributed by atoms with Crippen LogP contribution in [0, 0.1) is 5.92 Å². The number of amides is 2. The summed E-state index contributed by atoms with van der Waals surface area (Å²) in [5.41, 5.74) is 0.987. The van der Waals surface area contributed by atoms with E-state index >= 15 is 0 Å². The average molecular weight is 381 g/mol. The van der Waals surface area contributed by atoms with Crippen LogP contribution in [0.5, 0.6) is 0 Å². The lowest BCUT2D eigenvalue weighted by Gasteiger charge is -2.22. The second kappa shape index (κ2) is 11.7. The Hall–Kier alpha value is -1.88. The largest absolute Gasteiger partial charge is 0.356 e. The fraction of sp³-hybridized carbons (Fsp3) is 0.550. The molecule has 5 nitrogen and oxygen atoms in total. The number of rotatable bonds is 11. The number of hydrogen-bond acceptors (Lipinski definition) is 3. The number of unbranched alkanes of at least 4 members (excludes halogenated alkanes) is 1. The SMILES string of the molecule is CC(=O)NCCCC[C@H](NC(C)=O)C(=O)C[C@@H](C)C(Cl)c1ccccc1. The van der Waals surface area contributed by atoms with E-state index < -0.39 is 6.04 Å². The fourth-order valence-corrected chi connectivity index (χ4v) is 3.06. The van der Waals surface area contributed by atoms with Crippen molar-refractivity contribution < 1.29 is 14.4 Å². The molecule has 0 saturated heterocycles. The Kier molecular flexibility index (Phi) is 9.96. The lowest BCUT2D eigenvalue weighted by molar-refractivity contribution is -0.127. The van der Waals surface area contributed by atoms with Crippen LogP contribution >= 0.6 is 11.6 Å². The molecule has 1 unspecified atom stereocenters. The molecule has 0 heterocycles. The van der Waals surface area contributed by atoms with E-state index in [2.05, 4.69) is 10.6 Å². The Labute approximate surface area is 160 Å². The summed E-state index contributed by atoms with van der Waals surface area (Å²) in [6, 6.07) is 9.17. The Morgan fingerprint density at radius 1 is 1.04 bits per heavy atom. The monoisotopic (exact) mass is 380 g/mol. The van der Waals surface area contributed by atoms with Gasteiger partial charge in [0, 0.05) is 26.8 Å². The highest BCUT2D eigenvalue weighted by atomic mass is 35.5. The van der Waals surface area contributed by atoms with Gasteiger partial charge >= 0.3 is 0 Å². The first-order valence-corrected chi connectivity index (χ1v) is 9.48. The average Bonchev–Trinajstić information content (AvgIpc) is 2.59. The smallest absolute Gasteiger partial charge is 0.217 e. The van der Waals surface area contributed by atoms with Gasteiger partial charge in [0.05, 0.1) is 11.4 Å². The van der Waals surface area contributed by atoms with Crippen LogP contribution < -0.4 is 10.6 Å². The predicted octanol–water partition coefficient (Wildman–Crippen LogP) is 3.37. The Bertz CT molecular complexity index is 592. The highest BCUT2D eigenvalue weighted by Gasteiger charge is 2.25. The molecule has 0 spiro atoms. The van der Waals surface area contributed by atoms with Crippen molar-refractivity contribution in [2.24, 2.45) is 5.92 Å². The number of ketones is 1. The first-order valence-electron chi connectivity index (χ1n) is 9.04. The molecule has 2 amide bonds. The van der Waals surface area contributed by atoms with Gasteiger partial charge in [-0.25, -0.2) is 0 Å². The summed E-state index contributed by atoms with van der Waals surface area (Å²) in [4.78, 5) is 34.9. The molecule has 3 atom stereocenters. The van der Waals surface area contributed by atoms with E-state index in [9.17, 15) is 14.4 Å². The van der Waals surface area contributed by atoms with Gasteiger partial charge in [-0.05, 0) is 30.7 Å². The molecule has 2 N–H and O–H groups in total. The van der Waals surface area contributed by atoms with Crippen LogP contribution in [0.25, 0.3) is 0 Å². The van der Waals surface area contributed by atoms with E-state index in [-0.39, 0.29) is 28.9 Å². The molecule has 26 heavy (non-hydrogen) atoms. The number of hydrogen-bond donors (Lipinski definition) is 2. The van der Waals surface area contributed by atoms with E-state index in [4.69, 9.17) is 11.6 Å². The molecule has 1 aromatic rings. The van der Waals surface area contributed by atoms with Crippen molar-refractivity contribution in [3.8, 4) is 0 Å². The molecule has 6 heteroatoms. The second-order valence-corrected chi connectivity index (χ2v) is 7.16. The summed E-state index contributed by atoms with van der Waals surface area (Å²) in [7, 11) is 0. The van der Waals surface area contributed by atoms with E-state index in [1.165, 1.54) is 13.8 Å². The minimum atomic E-state index is -0.507. The molecule has 0 fully saturated rings. The highest BCUT2D eigenvalue weighted by Crippen LogP contribution is 2.31. The molecule has 0 bridgehead atoms. The zero-order chi connectivity index (χ0) is 19.5. The van der Waals surface area contributed by atoms with Gasteiger partial charge in [0.15, 0.2) is 5.78 Å². The molecular weight excluding hydrogens is 352 g/mol. The summed E-state index contributed by atoms with van der Waals surface area (Å²) in [5.74, 6) is -0.332. The lowest BCUT2D eigenvalue weighted by atomic mass is 9.91. The van der Waals surface area contributed by atoms with Crippen molar-refractivity contribution in [1.29, 1.82) is 0 Å². The van der Waals surface area contributed by atoms with E-state index in [0.717, 1.165) is 18.4 Å². The zero-order valence-electron chi connectivity index (χ0n) is 15.8. The molecule has 1 rings (SSSR count). The topological polar surface area (TPSA) is 75.3 Å². The highest BCUT2D eigenvalue weighted by molar-refractivity contribution is 6.21. The molecule has 0 aliphatic carbocycles. The molecule has 1 aromatic carbocycles. The number of Topliss-reactive ketones (excluding diaryl/α,β-unsaturated/α-hetero) is 1. The number of carbonyl (C=O) groups is 3. The van der Waals surface area contributed by atoms with Crippen LogP contribution in [0.15, 0.2) is 30.3 Å². The maximum Gasteiger partial charge on any atom is 0.217 e. The van der Waals surface area contributed by atoms with Crippen LogP contribution in [0.1, 0.15) is 57.4 Å². The third-order valence-electron chi connectivity index (χ3n) is 4.20. The van der Waals surface area contributed by atoms with Gasteiger partial charge in [0.2, 0.25) is 11.8 Å². The van der Waals surface area contributed by atoms with Crippen LogP contribution in [-0.4, -0.2) is 30.2 Å². The number of nitrogens with one attached hydrogen (secondary N) is 2. The van der Waals surface area contributed by atoms with Crippen molar-refractivity contribution in [1.82, 2.24) is 10.6 Å². The maximum atomic E-state index is 12.7. The van der Waals surface area contributed by atoms with E-state index in [1.54, 1.807) is 0 Å². The third kappa shape index (κ3) is 8.48. The molecule has 144 valence electrons. The summed E-state index contributed by atoms with van der Waals surface area (Å²) < 4.78 is 0. The first kappa shape index (κ1) is 22.2. The number of alkyl halides is 1. The summed E-state index contributed by atoms with van der Waals surface area (Å²) in [5, 5.41) is 5.22. The fourth-order valence-electron chi connectivity index (χ4n) is 2.83. The van der Waals surface area contributed by atoms with Gasteiger partial charge in [0.25, 0.3) is 0 Å². The second-order valence-electron chi connectivity index (χ2n) is 6.69. The molecular formula is C20H29ClN2O3. The van der Waals surface area contributed by atoms with Crippen molar-refractivity contribution in [2.75, 3.05) is 6.54 Å². The molecule has 0 aliphatic rings. The summed E-state index contributed by atoms with van der Waals surface area (Å²) in [6.07, 6.45) is 2.37. The first-order chi connectivity index (χ1) is 12.3. The van der Waals surface area contributed by atoms with E-state index in [0.29, 0.717) is 19.4 Å². The maximum absolute atomic E-state index is 12.7. The van der Waals surface area contributed by atoms with Gasteiger partial charge in [-0.3, -0.25) is 14.4 Å². The van der Waals surface area contributed by atoms with E-state index in [1.807, 2.05) is 37.3 Å². The normalized spacial score (nSPS) is 14.2. The van der Waals surface area contributed by atoms with Crippen molar-refractivity contribution in [3.05, 3.63) is 35.9 Å². The number of halogens is 1. The standard InChI is InChI=1S/C20H29ClN2O3/c1-14(20(21)17-9-5-4-6-10-17)13-19(26)18(23-16(3)25)11-7-8-12-22-15(2)24/h4-6,9-10,14,18,20H,7-8,11-13H2,1-3H3,(H,22,24)(H,23,25)/t14-,18+,20?/m1/s1. The van der Waals surface area contributed by atoms with Crippen molar-refractivity contribution in [3.63, 3.8) is 0 Å². The van der Waals surface area contributed by atoms with Crippen LogP contribution in [-0.2, 0) is 14.4 Å². The molecule has 0 radical (unpaired) electrons. The third-order valence-corrected chi connectivity index (χ3v) is 4.88. The zero-order valence-corrected chi connectivity index (χ0v) is 16.5. The van der Waals surface area contributed by atoms with Gasteiger partial charge < -0.3 is 10.6 Å². The van der Waals surface area contributed by atoms with Crippen LogP contribution in [0.4, 0.5) is 0 Å². The quantitative estimate of drug-likeness (QED) is 0.456. The van der Waals surface area contributed by atoms with Gasteiger partial charge in [-0.1, -0.05) is 37.3 Å². The summed E-state index contributed by atoms with van der Waals surface area (Å²) >= 11 is 6.51. The minimum Gasteiger partial charge on any atom is -0.356 e. The Balaban J connectivity index is 2.55. The lowest BCUT2D eigenvalue weighted by Crippen LogP contribution is -2.40. The number of benzene rings is 1. The van der Waals surface area contributed by atoms with Gasteiger partial charge in [-0.15, -0.1) is 11.6 Å². The van der Waals surface area contributed by atoms with Crippen molar-refractivity contribution in [2.45, 2.75) is 57.9 Å². The Morgan fingerprint density at radius 2 is 1.69 bits per heavy atom.